The molecular formula is C27H25N3O3. The van der Waals surface area contributed by atoms with Crippen molar-refractivity contribution >= 4 is 5.91 Å². The second-order valence-electron chi connectivity index (χ2n) is 7.72. The molecule has 0 aliphatic heterocycles. The van der Waals surface area contributed by atoms with E-state index in [9.17, 15) is 4.79 Å². The Morgan fingerprint density at radius 2 is 1.55 bits per heavy atom. The van der Waals surface area contributed by atoms with Crippen molar-refractivity contribution in [3.63, 3.8) is 0 Å². The van der Waals surface area contributed by atoms with E-state index in [0.717, 1.165) is 16.7 Å². The molecule has 6 nitrogen and oxygen atoms in total. The minimum Gasteiger partial charge on any atom is -0.497 e. The van der Waals surface area contributed by atoms with Gasteiger partial charge in [0, 0.05) is 29.6 Å². The topological polar surface area (TPSA) is 73.3 Å². The van der Waals surface area contributed by atoms with Crippen LogP contribution in [-0.2, 0) is 0 Å². The van der Waals surface area contributed by atoms with Gasteiger partial charge in [-0.2, -0.15) is 0 Å². The lowest BCUT2D eigenvalue weighted by molar-refractivity contribution is 0.0940. The molecule has 0 spiro atoms. The number of hydrogen-bond donors (Lipinski definition) is 1. The molecule has 0 aliphatic rings. The third-order valence-corrected chi connectivity index (χ3v) is 5.28. The average Bonchev–Trinajstić information content (AvgIpc) is 2.85. The highest BCUT2D eigenvalue weighted by atomic mass is 16.5. The van der Waals surface area contributed by atoms with Gasteiger partial charge < -0.3 is 14.8 Å². The summed E-state index contributed by atoms with van der Waals surface area (Å²) in [7, 11) is 1.60. The van der Waals surface area contributed by atoms with Gasteiger partial charge in [0.05, 0.1) is 13.2 Å². The van der Waals surface area contributed by atoms with Gasteiger partial charge in [-0.05, 0) is 49.2 Å². The second-order valence-corrected chi connectivity index (χ2v) is 7.72. The maximum atomic E-state index is 12.6. The van der Waals surface area contributed by atoms with Crippen LogP contribution >= 0.6 is 0 Å². The van der Waals surface area contributed by atoms with Crippen molar-refractivity contribution in [1.29, 1.82) is 0 Å². The molecule has 0 bridgehead atoms. The highest BCUT2D eigenvalue weighted by Crippen LogP contribution is 2.24. The standard InChI is InChI=1S/C27H25N3O3/c1-18-7-9-20(10-8-18)19(2)30-26(31)22-13-11-21(12-14-22)23-16-28-27(29-17-23)33-25-6-4-5-24(15-25)32-3/h4-17,19H,1-3H3,(H,30,31). The quantitative estimate of drug-likeness (QED) is 0.397. The number of carbonyl (C=O) groups is 1. The maximum Gasteiger partial charge on any atom is 0.321 e. The first kappa shape index (κ1) is 22.0. The Hall–Kier alpha value is -4.19. The zero-order valence-corrected chi connectivity index (χ0v) is 18.8. The molecule has 1 heterocycles. The molecule has 0 saturated heterocycles. The van der Waals surface area contributed by atoms with Crippen LogP contribution in [0.2, 0.25) is 0 Å². The zero-order valence-electron chi connectivity index (χ0n) is 18.8. The van der Waals surface area contributed by atoms with Gasteiger partial charge in [0.2, 0.25) is 0 Å². The van der Waals surface area contributed by atoms with E-state index in [4.69, 9.17) is 9.47 Å². The predicted molar refractivity (Wildman–Crippen MR) is 128 cm³/mol. The van der Waals surface area contributed by atoms with E-state index >= 15 is 0 Å². The number of aryl methyl sites for hydroxylation is 1. The molecule has 1 N–H and O–H groups in total. The van der Waals surface area contributed by atoms with E-state index in [2.05, 4.69) is 15.3 Å². The largest absolute Gasteiger partial charge is 0.497 e. The molecule has 4 rings (SSSR count). The molecule has 166 valence electrons. The molecule has 1 unspecified atom stereocenters. The SMILES string of the molecule is COc1cccc(Oc2ncc(-c3ccc(C(=O)NC(C)c4ccc(C)cc4)cc3)cn2)c1. The van der Waals surface area contributed by atoms with Gasteiger partial charge in [0.1, 0.15) is 11.5 Å². The van der Waals surface area contributed by atoms with Crippen LogP contribution in [0.5, 0.6) is 17.5 Å². The Bertz CT molecular complexity index is 1220. The minimum atomic E-state index is -0.118. The van der Waals surface area contributed by atoms with Gasteiger partial charge in [0.25, 0.3) is 5.91 Å². The van der Waals surface area contributed by atoms with Crippen molar-refractivity contribution in [2.75, 3.05) is 7.11 Å². The number of amides is 1. The molecule has 1 atom stereocenters. The van der Waals surface area contributed by atoms with Crippen molar-refractivity contribution < 1.29 is 14.3 Å². The number of nitrogens with one attached hydrogen (secondary N) is 1. The maximum absolute atomic E-state index is 12.6. The molecule has 4 aromatic rings. The second kappa shape index (κ2) is 9.96. The van der Waals surface area contributed by atoms with Crippen molar-refractivity contribution in [1.82, 2.24) is 15.3 Å². The van der Waals surface area contributed by atoms with E-state index in [-0.39, 0.29) is 18.0 Å². The van der Waals surface area contributed by atoms with E-state index in [1.165, 1.54) is 5.56 Å². The van der Waals surface area contributed by atoms with Crippen LogP contribution in [0.1, 0.15) is 34.5 Å². The summed E-state index contributed by atoms with van der Waals surface area (Å²) in [4.78, 5) is 21.2. The highest BCUT2D eigenvalue weighted by molar-refractivity contribution is 5.94. The van der Waals surface area contributed by atoms with Crippen LogP contribution < -0.4 is 14.8 Å². The van der Waals surface area contributed by atoms with Crippen molar-refractivity contribution in [3.8, 4) is 28.6 Å². The molecule has 0 saturated carbocycles. The van der Waals surface area contributed by atoms with E-state index in [1.54, 1.807) is 37.7 Å². The third-order valence-electron chi connectivity index (χ3n) is 5.28. The lowest BCUT2D eigenvalue weighted by Crippen LogP contribution is -2.26. The number of hydrogen-bond acceptors (Lipinski definition) is 5. The molecule has 1 aromatic heterocycles. The van der Waals surface area contributed by atoms with E-state index in [0.29, 0.717) is 17.1 Å². The Morgan fingerprint density at radius 1 is 0.879 bits per heavy atom. The molecule has 1 amide bonds. The van der Waals surface area contributed by atoms with Crippen LogP contribution in [0.3, 0.4) is 0 Å². The van der Waals surface area contributed by atoms with Crippen LogP contribution in [0, 0.1) is 6.92 Å². The highest BCUT2D eigenvalue weighted by Gasteiger charge is 2.12. The summed E-state index contributed by atoms with van der Waals surface area (Å²) in [5, 5.41) is 3.04. The molecule has 0 radical (unpaired) electrons. The Labute approximate surface area is 193 Å². The lowest BCUT2D eigenvalue weighted by atomic mass is 10.0. The third kappa shape index (κ3) is 5.54. The number of rotatable bonds is 7. The summed E-state index contributed by atoms with van der Waals surface area (Å²) < 4.78 is 10.9. The van der Waals surface area contributed by atoms with Crippen LogP contribution in [0.15, 0.2) is 85.2 Å². The molecule has 0 aliphatic carbocycles. The number of nitrogens with zero attached hydrogens (tertiary/aromatic N) is 2. The van der Waals surface area contributed by atoms with Crippen molar-refractivity contribution in [2.24, 2.45) is 0 Å². The van der Waals surface area contributed by atoms with Gasteiger partial charge in [0.15, 0.2) is 0 Å². The average molecular weight is 440 g/mol. The number of ether oxygens (including phenoxy) is 2. The Morgan fingerprint density at radius 3 is 2.21 bits per heavy atom. The summed E-state index contributed by atoms with van der Waals surface area (Å²) >= 11 is 0. The van der Waals surface area contributed by atoms with Crippen LogP contribution in [0.4, 0.5) is 0 Å². The lowest BCUT2D eigenvalue weighted by Gasteiger charge is -2.15. The molecule has 6 heteroatoms. The van der Waals surface area contributed by atoms with Gasteiger partial charge in [-0.1, -0.05) is 48.0 Å². The number of carbonyl (C=O) groups excluding carboxylic acids is 1. The molecular weight excluding hydrogens is 414 g/mol. The first-order chi connectivity index (χ1) is 16.0. The van der Waals surface area contributed by atoms with Gasteiger partial charge in [-0.25, -0.2) is 9.97 Å². The summed E-state index contributed by atoms with van der Waals surface area (Å²) in [5.74, 6) is 1.17. The fourth-order valence-electron chi connectivity index (χ4n) is 3.32. The van der Waals surface area contributed by atoms with E-state index < -0.39 is 0 Å². The van der Waals surface area contributed by atoms with Crippen molar-refractivity contribution in [3.05, 3.63) is 102 Å². The normalized spacial score (nSPS) is 11.5. The van der Waals surface area contributed by atoms with Crippen LogP contribution in [0.25, 0.3) is 11.1 Å². The zero-order chi connectivity index (χ0) is 23.2. The number of benzene rings is 3. The summed E-state index contributed by atoms with van der Waals surface area (Å²) in [5.41, 5.74) is 4.59. The fraction of sp³-hybridized carbons (Fsp3) is 0.148. The predicted octanol–water partition coefficient (Wildman–Crippen LogP) is 5.74. The first-order valence-corrected chi connectivity index (χ1v) is 10.6. The Kier molecular flexibility index (Phi) is 6.64. The number of methoxy groups -OCH3 is 1. The molecule has 3 aromatic carbocycles. The monoisotopic (exact) mass is 439 g/mol. The smallest absolute Gasteiger partial charge is 0.321 e. The van der Waals surface area contributed by atoms with Gasteiger partial charge in [-0.15, -0.1) is 0 Å². The van der Waals surface area contributed by atoms with Crippen LogP contribution in [-0.4, -0.2) is 23.0 Å². The first-order valence-electron chi connectivity index (χ1n) is 10.6. The fourth-order valence-corrected chi connectivity index (χ4v) is 3.32. The summed E-state index contributed by atoms with van der Waals surface area (Å²) in [6.07, 6.45) is 3.38. The summed E-state index contributed by atoms with van der Waals surface area (Å²) in [6.45, 7) is 4.02. The Balaban J connectivity index is 1.40. The minimum absolute atomic E-state index is 0.0803. The van der Waals surface area contributed by atoms with Gasteiger partial charge in [-0.3, -0.25) is 4.79 Å². The molecule has 33 heavy (non-hydrogen) atoms. The summed E-state index contributed by atoms with van der Waals surface area (Å²) in [6, 6.07) is 22.9. The van der Waals surface area contributed by atoms with E-state index in [1.807, 2.05) is 68.4 Å². The number of aromatic nitrogens is 2. The van der Waals surface area contributed by atoms with Crippen molar-refractivity contribution in [2.45, 2.75) is 19.9 Å². The molecule has 0 fully saturated rings. The van der Waals surface area contributed by atoms with Gasteiger partial charge >= 0.3 is 6.01 Å².